The molecule has 0 unspecified atom stereocenters. The van der Waals surface area contributed by atoms with Gasteiger partial charge in [0.1, 0.15) is 5.82 Å². The Hall–Kier alpha value is -4.17. The topological polar surface area (TPSA) is 17.8 Å². The Balaban J connectivity index is 1.38. The maximum absolute atomic E-state index is 5.03. The van der Waals surface area contributed by atoms with Gasteiger partial charge in [0.05, 0.1) is 11.0 Å². The number of benzene rings is 5. The van der Waals surface area contributed by atoms with Gasteiger partial charge in [-0.05, 0) is 45.2 Å². The summed E-state index contributed by atoms with van der Waals surface area (Å²) in [6.07, 6.45) is 0.800. The molecule has 0 N–H and O–H groups in total. The third-order valence-corrected chi connectivity index (χ3v) is 6.37. The van der Waals surface area contributed by atoms with Crippen LogP contribution in [0.15, 0.2) is 121 Å². The molecule has 0 saturated carbocycles. The van der Waals surface area contributed by atoms with E-state index in [1.165, 1.54) is 38.5 Å². The molecule has 6 aromatic rings. The molecule has 33 heavy (non-hydrogen) atoms. The fourth-order valence-electron chi connectivity index (χ4n) is 4.67. The van der Waals surface area contributed by atoms with Crippen molar-refractivity contribution < 1.29 is 0 Å². The number of aromatic nitrogens is 2. The monoisotopic (exact) mass is 424 g/mol. The molecular weight excluding hydrogens is 400 g/mol. The van der Waals surface area contributed by atoms with Gasteiger partial charge in [-0.25, -0.2) is 4.98 Å². The standard InChI is InChI=1S/C31H24N2/c1-2-9-24(10-3-1)25-19-17-23(18-20-25)21-31-32-29-15-6-7-16-30(29)33(31)22-27-13-8-12-26-11-4-5-14-28(26)27/h1-20H,21-22H2. The average molecular weight is 425 g/mol. The van der Waals surface area contributed by atoms with E-state index in [9.17, 15) is 0 Å². The lowest BCUT2D eigenvalue weighted by molar-refractivity contribution is 0.766. The van der Waals surface area contributed by atoms with E-state index >= 15 is 0 Å². The molecule has 0 atom stereocenters. The number of nitrogens with zero attached hydrogens (tertiary/aromatic N) is 2. The maximum atomic E-state index is 5.03. The summed E-state index contributed by atoms with van der Waals surface area (Å²) in [6.45, 7) is 0.805. The lowest BCUT2D eigenvalue weighted by atomic mass is 10.0. The van der Waals surface area contributed by atoms with E-state index in [-0.39, 0.29) is 0 Å². The van der Waals surface area contributed by atoms with Gasteiger partial charge in [-0.15, -0.1) is 0 Å². The summed E-state index contributed by atoms with van der Waals surface area (Å²) in [7, 11) is 0. The summed E-state index contributed by atoms with van der Waals surface area (Å²) in [5, 5.41) is 2.58. The first kappa shape index (κ1) is 19.5. The summed E-state index contributed by atoms with van der Waals surface area (Å²) < 4.78 is 2.38. The van der Waals surface area contributed by atoms with Crippen molar-refractivity contribution in [3.8, 4) is 11.1 Å². The summed E-state index contributed by atoms with van der Waals surface area (Å²) >= 11 is 0. The van der Waals surface area contributed by atoms with Crippen LogP contribution in [0.2, 0.25) is 0 Å². The molecule has 158 valence electrons. The first-order valence-corrected chi connectivity index (χ1v) is 11.4. The van der Waals surface area contributed by atoms with Gasteiger partial charge in [0.2, 0.25) is 0 Å². The Morgan fingerprint density at radius 2 is 1.27 bits per heavy atom. The minimum absolute atomic E-state index is 0.800. The van der Waals surface area contributed by atoms with Crippen LogP contribution in [-0.4, -0.2) is 9.55 Å². The molecule has 2 heteroatoms. The van der Waals surface area contributed by atoms with E-state index in [0.717, 1.165) is 24.3 Å². The molecule has 0 radical (unpaired) electrons. The second-order valence-electron chi connectivity index (χ2n) is 8.48. The lowest BCUT2D eigenvalue weighted by Gasteiger charge is -2.12. The van der Waals surface area contributed by atoms with Crippen LogP contribution in [0.4, 0.5) is 0 Å². The van der Waals surface area contributed by atoms with Crippen LogP contribution >= 0.6 is 0 Å². The second-order valence-corrected chi connectivity index (χ2v) is 8.48. The van der Waals surface area contributed by atoms with Gasteiger partial charge in [-0.1, -0.05) is 109 Å². The van der Waals surface area contributed by atoms with Gasteiger partial charge in [0.15, 0.2) is 0 Å². The van der Waals surface area contributed by atoms with E-state index in [1.807, 2.05) is 0 Å². The van der Waals surface area contributed by atoms with Crippen LogP contribution in [0.5, 0.6) is 0 Å². The SMILES string of the molecule is c1ccc(-c2ccc(Cc3nc4ccccc4n3Cc3cccc4ccccc34)cc2)cc1. The molecule has 1 aromatic heterocycles. The molecule has 1 heterocycles. The smallest absolute Gasteiger partial charge is 0.114 e. The number of imidazole rings is 1. The van der Waals surface area contributed by atoms with E-state index in [4.69, 9.17) is 4.98 Å². The third-order valence-electron chi connectivity index (χ3n) is 6.37. The van der Waals surface area contributed by atoms with Crippen LogP contribution in [0, 0.1) is 0 Å². The van der Waals surface area contributed by atoms with Crippen molar-refractivity contribution in [3.63, 3.8) is 0 Å². The number of rotatable bonds is 5. The molecule has 0 bridgehead atoms. The van der Waals surface area contributed by atoms with Gasteiger partial charge < -0.3 is 4.57 Å². The van der Waals surface area contributed by atoms with E-state index in [0.29, 0.717) is 0 Å². The highest BCUT2D eigenvalue weighted by Gasteiger charge is 2.13. The van der Waals surface area contributed by atoms with Gasteiger partial charge in [-0.3, -0.25) is 0 Å². The Bertz CT molecular complexity index is 1540. The highest BCUT2D eigenvalue weighted by molar-refractivity contribution is 5.86. The molecule has 0 aliphatic carbocycles. The van der Waals surface area contributed by atoms with Crippen LogP contribution in [0.1, 0.15) is 17.0 Å². The molecule has 0 aliphatic heterocycles. The van der Waals surface area contributed by atoms with Crippen molar-refractivity contribution in [2.45, 2.75) is 13.0 Å². The number of fused-ring (bicyclic) bond motifs is 2. The van der Waals surface area contributed by atoms with Crippen LogP contribution in [0.3, 0.4) is 0 Å². The highest BCUT2D eigenvalue weighted by atomic mass is 15.1. The van der Waals surface area contributed by atoms with Crippen LogP contribution in [0.25, 0.3) is 32.9 Å². The zero-order valence-electron chi connectivity index (χ0n) is 18.4. The fraction of sp³-hybridized carbons (Fsp3) is 0.0645. The molecule has 6 rings (SSSR count). The predicted octanol–water partition coefficient (Wildman–Crippen LogP) is 7.50. The summed E-state index contributed by atoms with van der Waals surface area (Å²) in [6, 6.07) is 43.0. The Morgan fingerprint density at radius 3 is 2.15 bits per heavy atom. The predicted molar refractivity (Wildman–Crippen MR) is 137 cm³/mol. The minimum Gasteiger partial charge on any atom is -0.323 e. The molecule has 2 nitrogen and oxygen atoms in total. The van der Waals surface area contributed by atoms with Crippen molar-refractivity contribution in [2.75, 3.05) is 0 Å². The maximum Gasteiger partial charge on any atom is 0.114 e. The minimum atomic E-state index is 0.800. The first-order chi connectivity index (χ1) is 16.3. The first-order valence-electron chi connectivity index (χ1n) is 11.4. The van der Waals surface area contributed by atoms with Crippen LogP contribution < -0.4 is 0 Å². The van der Waals surface area contributed by atoms with Gasteiger partial charge in [-0.2, -0.15) is 0 Å². The summed E-state index contributed by atoms with van der Waals surface area (Å²) in [5.74, 6) is 1.09. The molecule has 5 aromatic carbocycles. The second kappa shape index (κ2) is 8.40. The van der Waals surface area contributed by atoms with Crippen molar-refractivity contribution in [2.24, 2.45) is 0 Å². The molecule has 0 fully saturated rings. The van der Waals surface area contributed by atoms with Crippen LogP contribution in [-0.2, 0) is 13.0 Å². The van der Waals surface area contributed by atoms with Crippen molar-refractivity contribution >= 4 is 21.8 Å². The average Bonchev–Trinajstić information content (AvgIpc) is 3.22. The fourth-order valence-corrected chi connectivity index (χ4v) is 4.67. The normalized spacial score (nSPS) is 11.3. The molecule has 0 saturated heterocycles. The van der Waals surface area contributed by atoms with E-state index < -0.39 is 0 Å². The molecule has 0 amide bonds. The van der Waals surface area contributed by atoms with Gasteiger partial charge >= 0.3 is 0 Å². The summed E-state index contributed by atoms with van der Waals surface area (Å²) in [4.78, 5) is 5.03. The van der Waals surface area contributed by atoms with Crippen molar-refractivity contribution in [1.82, 2.24) is 9.55 Å². The zero-order chi connectivity index (χ0) is 22.0. The summed E-state index contributed by atoms with van der Waals surface area (Å²) in [5.41, 5.74) is 7.30. The molecule has 0 spiro atoms. The molecular formula is C31H24N2. The van der Waals surface area contributed by atoms with Gasteiger partial charge in [0, 0.05) is 13.0 Å². The number of para-hydroxylation sites is 2. The lowest BCUT2D eigenvalue weighted by Crippen LogP contribution is -2.06. The van der Waals surface area contributed by atoms with Crippen molar-refractivity contribution in [3.05, 3.63) is 138 Å². The van der Waals surface area contributed by atoms with Gasteiger partial charge in [0.25, 0.3) is 0 Å². The Morgan fingerprint density at radius 1 is 0.576 bits per heavy atom. The number of hydrogen-bond acceptors (Lipinski definition) is 1. The zero-order valence-corrected chi connectivity index (χ0v) is 18.4. The Labute approximate surface area is 193 Å². The highest BCUT2D eigenvalue weighted by Crippen LogP contribution is 2.25. The van der Waals surface area contributed by atoms with Crippen molar-refractivity contribution in [1.29, 1.82) is 0 Å². The van der Waals surface area contributed by atoms with E-state index in [1.54, 1.807) is 0 Å². The Kier molecular flexibility index (Phi) is 4.97. The quantitative estimate of drug-likeness (QED) is 0.280. The third kappa shape index (κ3) is 3.81. The largest absolute Gasteiger partial charge is 0.323 e. The van der Waals surface area contributed by atoms with E-state index in [2.05, 4.69) is 126 Å². The number of hydrogen-bond donors (Lipinski definition) is 0. The molecule has 0 aliphatic rings.